The van der Waals surface area contributed by atoms with Gasteiger partial charge >= 0.3 is 5.69 Å². The molecule has 49 heteroatoms. The number of amides is 1. The van der Waals surface area contributed by atoms with Gasteiger partial charge in [0, 0.05) is 283 Å². The third kappa shape index (κ3) is 26.9. The summed E-state index contributed by atoms with van der Waals surface area (Å²) in [7, 11) is 21.9. The number of carbonyl (C=O) groups is 2. The Morgan fingerprint density at radius 1 is 0.405 bits per heavy atom. The van der Waals surface area contributed by atoms with E-state index in [0.29, 0.717) is 93.4 Å². The van der Waals surface area contributed by atoms with Crippen LogP contribution in [0.25, 0.3) is 89.2 Å². The maximum Gasteiger partial charge on any atom is 0.307 e. The molecule has 16 heterocycles. The van der Waals surface area contributed by atoms with E-state index in [1.165, 1.54) is 45.6 Å². The zero-order valence-corrected chi connectivity index (χ0v) is 86.1. The smallest absolute Gasteiger partial charge is 0.307 e. The zero-order chi connectivity index (χ0) is 103. The van der Waals surface area contributed by atoms with E-state index >= 15 is 0 Å². The molecule has 774 valence electrons. The number of nitro benzene ring substituents is 2. The van der Waals surface area contributed by atoms with E-state index in [-0.39, 0.29) is 67.7 Å². The van der Waals surface area contributed by atoms with Crippen LogP contribution < -0.4 is 71.3 Å². The minimum absolute atomic E-state index is 0. The summed E-state index contributed by atoms with van der Waals surface area (Å²) in [5.41, 5.74) is 20.5. The number of hydrogen-bond acceptors (Lipinski definition) is 39. The van der Waals surface area contributed by atoms with Crippen molar-refractivity contribution in [1.29, 1.82) is 0 Å². The Morgan fingerprint density at radius 2 is 0.703 bits per heavy atom. The van der Waals surface area contributed by atoms with Crippen LogP contribution in [0.4, 0.5) is 90.7 Å². The molecule has 12 aromatic heterocycles. The third-order valence-corrected chi connectivity index (χ3v) is 24.3. The molecule has 1 amide bonds. The van der Waals surface area contributed by atoms with Crippen LogP contribution in [0.3, 0.4) is 0 Å². The summed E-state index contributed by atoms with van der Waals surface area (Å²) in [4.78, 5) is 113. The van der Waals surface area contributed by atoms with E-state index in [2.05, 4.69) is 171 Å². The minimum atomic E-state index is -0.997. The molecule has 0 aliphatic carbocycles. The predicted molar refractivity (Wildman–Crippen MR) is 567 cm³/mol. The van der Waals surface area contributed by atoms with E-state index in [0.717, 1.165) is 180 Å². The molecule has 0 bridgehead atoms. The fraction of sp³-hybridized carbons (Fsp3) is 0.283. The third-order valence-electron chi connectivity index (χ3n) is 24.2. The molecule has 0 atom stereocenters. The van der Waals surface area contributed by atoms with Crippen LogP contribution in [0.1, 0.15) is 0 Å². The number of carbonyl (C=O) groups excluding carboxylic acids is 2. The van der Waals surface area contributed by atoms with Gasteiger partial charge in [-0.2, -0.15) is 24.8 Å². The number of nitro groups is 2. The first kappa shape index (κ1) is 109. The van der Waals surface area contributed by atoms with Crippen LogP contribution in [-0.4, -0.2) is 301 Å². The van der Waals surface area contributed by atoms with Crippen molar-refractivity contribution in [3.05, 3.63) is 230 Å². The van der Waals surface area contributed by atoms with Gasteiger partial charge in [-0.15, -0.1) is 0 Å². The molecule has 8 N–H and O–H groups in total. The Bertz CT molecular complexity index is 7410. The average Bonchev–Trinajstić information content (AvgIpc) is 0.881. The number of allylic oxidation sites excluding steroid dienone is 1. The van der Waals surface area contributed by atoms with Gasteiger partial charge in [-0.25, -0.2) is 59.8 Å². The normalized spacial score (nSPS) is 13.7. The van der Waals surface area contributed by atoms with Crippen LogP contribution >= 0.6 is 11.6 Å². The van der Waals surface area contributed by atoms with E-state index in [4.69, 9.17) is 41.3 Å². The number of pyridine rings is 4. The molecule has 4 aliphatic heterocycles. The van der Waals surface area contributed by atoms with E-state index < -0.39 is 21.7 Å². The molecular formula is C99H113ClFN36O10Pd-. The summed E-state index contributed by atoms with van der Waals surface area (Å²) in [5, 5.41) is 61.6. The monoisotopic (exact) mass is 2130 g/mol. The molecule has 4 saturated heterocycles. The Balaban J connectivity index is 0.000000158. The molecule has 148 heavy (non-hydrogen) atoms. The Hall–Kier alpha value is -16.6. The number of rotatable bonds is 24. The van der Waals surface area contributed by atoms with E-state index in [1.807, 2.05) is 93.8 Å². The molecule has 0 saturated carbocycles. The van der Waals surface area contributed by atoms with Crippen molar-refractivity contribution >= 4 is 153 Å². The largest absolute Gasteiger partial charge is 0.494 e. The second-order valence-electron chi connectivity index (χ2n) is 34.0. The molecule has 0 spiro atoms. The number of fused-ring (bicyclic) bond motifs is 4. The van der Waals surface area contributed by atoms with Crippen molar-refractivity contribution in [2.45, 2.75) is 0 Å². The number of nitrogens with zero attached hydrogens (tertiary/aromatic N) is 29. The van der Waals surface area contributed by atoms with Crippen molar-refractivity contribution in [3.8, 4) is 68.0 Å². The quantitative estimate of drug-likeness (QED) is 0.00562. The fourth-order valence-electron chi connectivity index (χ4n) is 16.1. The van der Waals surface area contributed by atoms with Crippen LogP contribution in [0, 0.1) is 33.5 Å². The number of aryl methyl sites for hydroxylation is 4. The van der Waals surface area contributed by atoms with Crippen LogP contribution in [0.5, 0.6) is 23.0 Å². The molecular weight excluding hydrogens is 2010 g/mol. The van der Waals surface area contributed by atoms with Crippen molar-refractivity contribution in [1.82, 2.24) is 124 Å². The van der Waals surface area contributed by atoms with Gasteiger partial charge in [-0.1, -0.05) is 13.2 Å². The minimum Gasteiger partial charge on any atom is -0.494 e. The number of nitrogen functional groups attached to an aromatic ring is 1. The van der Waals surface area contributed by atoms with Crippen molar-refractivity contribution in [2.24, 2.45) is 28.2 Å². The maximum absolute atomic E-state index is 13.8. The number of hydrogen-bond donors (Lipinski definition) is 7. The average molecular weight is 2130 g/mol. The Labute approximate surface area is 870 Å². The number of ether oxygens (including phenoxy) is 4. The number of aromatic nitrogens is 20. The SMILES string of the molecule is C=CC(=O)Cl.C=CC(=O)Nc1cc(Nc2nccc(-c3cnc4c(cnn4C)c3)n2)c(OC)cc1N1CCN(C)CC1.CN1CCNCC1.COc1cc(F)c([N+](=O)[O-])cc1Nc1nccc(-c2cnc3c(cnn3C)c2)n1.COc1cc(N2CCN(C)CC2)c(N)cc1Nc1nccc(-c2cnc3c(cnn3C)c2)n1.COc1cc(N2CCN(C)CC2)c([N+](=O)[O-])cc1Nc1nccc(-c2cnc3c(cnn3C)c2)n1.[CH3-].[Pd]. The predicted octanol–water partition coefficient (Wildman–Crippen LogP) is 12.5. The van der Waals surface area contributed by atoms with Gasteiger partial charge in [0.25, 0.3) is 5.69 Å². The molecule has 46 nitrogen and oxygen atoms in total. The number of anilines is 13. The van der Waals surface area contributed by atoms with Gasteiger partial charge in [-0.05, 0) is 113 Å². The van der Waals surface area contributed by atoms with Crippen molar-refractivity contribution in [3.63, 3.8) is 0 Å². The first-order valence-corrected chi connectivity index (χ1v) is 46.5. The molecule has 16 aromatic rings. The van der Waals surface area contributed by atoms with Crippen LogP contribution in [-0.2, 0) is 58.2 Å². The number of halogens is 2. The summed E-state index contributed by atoms with van der Waals surface area (Å²) < 4.78 is 42.7. The topological polar surface area (TPSA) is 504 Å². The van der Waals surface area contributed by atoms with Gasteiger partial charge in [-0.3, -0.25) is 48.5 Å². The van der Waals surface area contributed by atoms with E-state index in [1.54, 1.807) is 126 Å². The summed E-state index contributed by atoms with van der Waals surface area (Å²) in [6, 6.07) is 27.8. The first-order chi connectivity index (χ1) is 70.5. The zero-order valence-electron chi connectivity index (χ0n) is 83.7. The number of piperazine rings is 4. The first-order valence-electron chi connectivity index (χ1n) is 46.1. The Kier molecular flexibility index (Phi) is 36.9. The molecule has 20 rings (SSSR count). The number of likely N-dealkylation sites (N-methyl/N-ethyl adjacent to an activating group) is 4. The Morgan fingerprint density at radius 3 is 1.02 bits per heavy atom. The summed E-state index contributed by atoms with van der Waals surface area (Å²) >= 11 is 4.71. The van der Waals surface area contributed by atoms with Crippen LogP contribution in [0.2, 0.25) is 0 Å². The van der Waals surface area contributed by atoms with Crippen molar-refractivity contribution in [2.75, 3.05) is 208 Å². The maximum atomic E-state index is 13.8. The number of nitrogens with two attached hydrogens (primary N) is 1. The summed E-state index contributed by atoms with van der Waals surface area (Å²) in [5.74, 6) is 1.84. The van der Waals surface area contributed by atoms with E-state index in [9.17, 15) is 34.2 Å². The molecule has 0 unspecified atom stereocenters. The van der Waals surface area contributed by atoms with Gasteiger partial charge in [0.05, 0.1) is 131 Å². The van der Waals surface area contributed by atoms with Crippen LogP contribution in [0.15, 0.2) is 197 Å². The standard InChI is InChI=1S/C26H29N9O2.C23H25N9O3.C23H27N9O.C18H14FN7O3.C5H12N2.C3H3ClO.CH3.Pd/c1-5-24(36)30-20-13-21(23(37-4)14-22(20)35-10-8-33(2)9-11-35)32-26-27-7-6-19(31-26)17-12-18-16-29-34(3)25(18)28-15-17;1-29-6-8-31(9-7-29)19-12-21(35-3)18(11-20(19)32(33)34)28-23-24-5-4-17(27-23)15-10-16-14-26-30(2)22(16)25-13-15;1-30-6-8-32(9-7-30)20-12-21(33-3)19(11-17(20)24)29-23-25-5-4-18(28-23)15-10-16-14-27-31(2)22(16)26-13-15;1-25-17-11(9-22-25)5-10(8-21-17)13-3-4-20-18(23-13)24-14-7-15(26(27)28)12(19)6-16(14)29-2;1-7-4-2-6-3-5-7;1-2-3(4)5;;/h5-7,12-16H,1,8-11H2,2-4H3,(H,30,36)(H,27,31,32);4-5,10-14H,6-9H2,1-3H3,(H,24,27,28);4-5,10-14H,6-9,24H2,1-3H3,(H,25,28,29);3-9H,1-2H3,(H,20,23,24);6H,2-5H2,1H3;2H,1H2;1H3;/q;;;;;;-1;. The molecule has 4 aromatic carbocycles. The van der Waals surface area contributed by atoms with Gasteiger partial charge < -0.3 is 98.3 Å². The van der Waals surface area contributed by atoms with Crippen molar-refractivity contribution < 1.29 is 63.2 Å². The van der Waals surface area contributed by atoms with Gasteiger partial charge in [0.2, 0.25) is 40.8 Å². The van der Waals surface area contributed by atoms with Gasteiger partial charge in [0.15, 0.2) is 22.6 Å². The summed E-state index contributed by atoms with van der Waals surface area (Å²) in [6.07, 6.45) is 22.8. The fourth-order valence-corrected chi connectivity index (χ4v) is 16.1. The second-order valence-corrected chi connectivity index (χ2v) is 34.4. The molecule has 0 radical (unpaired) electrons. The second kappa shape index (κ2) is 50.3. The summed E-state index contributed by atoms with van der Waals surface area (Å²) in [6.45, 7) is 21.9. The molecule has 4 fully saturated rings. The van der Waals surface area contributed by atoms with Gasteiger partial charge in [0.1, 0.15) is 28.7 Å². The number of methoxy groups -OCH3 is 4. The molecule has 4 aliphatic rings. The number of nitrogens with one attached hydrogen (secondary N) is 6. The number of benzene rings is 4.